The van der Waals surface area contributed by atoms with Crippen molar-refractivity contribution in [3.05, 3.63) is 89.7 Å². The van der Waals surface area contributed by atoms with Gasteiger partial charge in [-0.05, 0) is 87.5 Å². The minimum absolute atomic E-state index is 0.00728. The second-order valence-corrected chi connectivity index (χ2v) is 12.5. The molecule has 0 spiro atoms. The van der Waals surface area contributed by atoms with Crippen LogP contribution in [0.2, 0.25) is 0 Å². The number of hydrogen-bond acceptors (Lipinski definition) is 5. The molecule has 3 aromatic carbocycles. The number of carbonyl (C=O) groups is 2. The number of halogens is 1. The maximum Gasteiger partial charge on any atom is 0.264 e. The summed E-state index contributed by atoms with van der Waals surface area (Å²) < 4.78 is 42.5. The molecular weight excluding hydrogens is 549 g/mol. The van der Waals surface area contributed by atoms with Crippen molar-refractivity contribution in [1.29, 1.82) is 0 Å². The summed E-state index contributed by atoms with van der Waals surface area (Å²) >= 11 is 1.49. The Balaban J connectivity index is 2.05. The monoisotopic (exact) mass is 585 g/mol. The number of carbonyl (C=O) groups excluding carboxylic acids is 2. The Morgan fingerprint density at radius 2 is 1.55 bits per heavy atom. The maximum atomic E-state index is 14.0. The lowest BCUT2D eigenvalue weighted by Gasteiger charge is -2.33. The van der Waals surface area contributed by atoms with E-state index in [9.17, 15) is 22.4 Å². The molecule has 0 unspecified atom stereocenters. The van der Waals surface area contributed by atoms with Crippen molar-refractivity contribution < 1.29 is 22.4 Å². The molecule has 3 rings (SSSR count). The molecule has 0 saturated heterocycles. The molecule has 0 aliphatic carbocycles. The number of sulfonamides is 1. The zero-order valence-corrected chi connectivity index (χ0v) is 25.1. The minimum Gasteiger partial charge on any atom is -0.352 e. The number of benzene rings is 3. The van der Waals surface area contributed by atoms with Crippen LogP contribution in [-0.4, -0.2) is 50.0 Å². The van der Waals surface area contributed by atoms with Crippen molar-refractivity contribution in [1.82, 2.24) is 10.2 Å². The molecule has 0 aromatic heterocycles. The Labute approximate surface area is 240 Å². The SMILES string of the molecule is CC[C@H](C(=O)NC(C)C)N(Cc1ccc(F)cc1)C(=O)CN(c1ccc(C)cc1)S(=O)(=O)c1ccc(SC)cc1. The highest BCUT2D eigenvalue weighted by molar-refractivity contribution is 7.98. The third-order valence-corrected chi connectivity index (χ3v) is 8.86. The largest absolute Gasteiger partial charge is 0.352 e. The van der Waals surface area contributed by atoms with Gasteiger partial charge in [0.05, 0.1) is 10.6 Å². The van der Waals surface area contributed by atoms with Crippen molar-refractivity contribution in [2.45, 2.75) is 62.5 Å². The van der Waals surface area contributed by atoms with E-state index in [2.05, 4.69) is 5.32 Å². The molecule has 0 heterocycles. The molecule has 3 aromatic rings. The van der Waals surface area contributed by atoms with Gasteiger partial charge in [-0.2, -0.15) is 0 Å². The molecule has 1 atom stereocenters. The van der Waals surface area contributed by atoms with Crippen molar-refractivity contribution in [3.63, 3.8) is 0 Å². The second kappa shape index (κ2) is 13.8. The summed E-state index contributed by atoms with van der Waals surface area (Å²) in [4.78, 5) is 29.5. The van der Waals surface area contributed by atoms with Crippen LogP contribution in [0.3, 0.4) is 0 Å². The van der Waals surface area contributed by atoms with Gasteiger partial charge in [-0.25, -0.2) is 12.8 Å². The molecular formula is C30H36FN3O4S2. The molecule has 0 aliphatic heterocycles. The summed E-state index contributed by atoms with van der Waals surface area (Å²) in [5.74, 6) is -1.32. The molecule has 7 nitrogen and oxygen atoms in total. The highest BCUT2D eigenvalue weighted by Crippen LogP contribution is 2.27. The Morgan fingerprint density at radius 3 is 2.08 bits per heavy atom. The second-order valence-electron chi connectivity index (χ2n) is 9.76. The van der Waals surface area contributed by atoms with Gasteiger partial charge in [0.1, 0.15) is 18.4 Å². The Kier molecular flexibility index (Phi) is 10.8. The number of thioether (sulfide) groups is 1. The van der Waals surface area contributed by atoms with Crippen LogP contribution in [0.1, 0.15) is 38.3 Å². The Bertz CT molecular complexity index is 1390. The quantitative estimate of drug-likeness (QED) is 0.288. The van der Waals surface area contributed by atoms with Gasteiger partial charge in [-0.15, -0.1) is 11.8 Å². The van der Waals surface area contributed by atoms with E-state index in [1.165, 1.54) is 40.9 Å². The van der Waals surface area contributed by atoms with E-state index in [1.54, 1.807) is 55.5 Å². The fourth-order valence-electron chi connectivity index (χ4n) is 4.20. The third-order valence-electron chi connectivity index (χ3n) is 6.33. The Hall–Kier alpha value is -3.37. The first kappa shape index (κ1) is 31.2. The molecule has 0 aliphatic rings. The van der Waals surface area contributed by atoms with E-state index in [4.69, 9.17) is 0 Å². The molecule has 10 heteroatoms. The van der Waals surface area contributed by atoms with E-state index >= 15 is 0 Å². The number of nitrogens with zero attached hydrogens (tertiary/aromatic N) is 2. The number of aryl methyl sites for hydroxylation is 1. The Morgan fingerprint density at radius 1 is 0.950 bits per heavy atom. The molecule has 1 N–H and O–H groups in total. The third kappa shape index (κ3) is 7.85. The van der Waals surface area contributed by atoms with Crippen LogP contribution in [0, 0.1) is 12.7 Å². The van der Waals surface area contributed by atoms with Crippen molar-refractivity contribution >= 4 is 39.3 Å². The predicted octanol–water partition coefficient (Wildman–Crippen LogP) is 5.38. The van der Waals surface area contributed by atoms with E-state index in [0.29, 0.717) is 17.7 Å². The standard InChI is InChI=1S/C30H36FN3O4S2/c1-6-28(30(36)32-21(2)3)33(19-23-9-11-24(31)12-10-23)29(35)20-34(25-13-7-22(4)8-14-25)40(37,38)27-17-15-26(39-5)16-18-27/h7-18,21,28H,6,19-20H2,1-5H3,(H,32,36)/t28-/m1/s1. The van der Waals surface area contributed by atoms with Crippen LogP contribution in [0.4, 0.5) is 10.1 Å². The summed E-state index contributed by atoms with van der Waals surface area (Å²) in [6.07, 6.45) is 2.20. The zero-order valence-electron chi connectivity index (χ0n) is 23.4. The summed E-state index contributed by atoms with van der Waals surface area (Å²) in [6, 6.07) is 18.0. The van der Waals surface area contributed by atoms with E-state index < -0.39 is 34.3 Å². The molecule has 214 valence electrons. The highest BCUT2D eigenvalue weighted by atomic mass is 32.2. The first-order valence-corrected chi connectivity index (χ1v) is 15.7. The first-order chi connectivity index (χ1) is 19.0. The molecule has 0 bridgehead atoms. The van der Waals surface area contributed by atoms with Crippen molar-refractivity contribution in [3.8, 4) is 0 Å². The number of nitrogens with one attached hydrogen (secondary N) is 1. The van der Waals surface area contributed by atoms with Crippen LogP contribution < -0.4 is 9.62 Å². The normalized spacial score (nSPS) is 12.2. The minimum atomic E-state index is -4.14. The average Bonchev–Trinajstić information content (AvgIpc) is 2.92. The average molecular weight is 586 g/mol. The number of anilines is 1. The maximum absolute atomic E-state index is 14.0. The van der Waals surface area contributed by atoms with Gasteiger partial charge in [-0.3, -0.25) is 13.9 Å². The van der Waals surface area contributed by atoms with Crippen LogP contribution >= 0.6 is 11.8 Å². The molecule has 0 saturated carbocycles. The van der Waals surface area contributed by atoms with E-state index in [1.807, 2.05) is 27.0 Å². The molecule has 2 amide bonds. The molecule has 0 radical (unpaired) electrons. The van der Waals surface area contributed by atoms with Gasteiger partial charge in [0.25, 0.3) is 10.0 Å². The van der Waals surface area contributed by atoms with E-state index in [-0.39, 0.29) is 23.4 Å². The first-order valence-electron chi connectivity index (χ1n) is 13.0. The molecule has 0 fully saturated rings. The number of rotatable bonds is 12. The smallest absolute Gasteiger partial charge is 0.264 e. The summed E-state index contributed by atoms with van der Waals surface area (Å²) in [5, 5.41) is 2.86. The van der Waals surface area contributed by atoms with Gasteiger partial charge in [0.2, 0.25) is 11.8 Å². The fourth-order valence-corrected chi connectivity index (χ4v) is 6.02. The summed E-state index contributed by atoms with van der Waals surface area (Å²) in [7, 11) is -4.14. The van der Waals surface area contributed by atoms with Gasteiger partial charge in [0, 0.05) is 17.5 Å². The highest BCUT2D eigenvalue weighted by Gasteiger charge is 2.33. The predicted molar refractivity (Wildman–Crippen MR) is 158 cm³/mol. The lowest BCUT2D eigenvalue weighted by atomic mass is 10.1. The zero-order chi connectivity index (χ0) is 29.4. The fraction of sp³-hybridized carbons (Fsp3) is 0.333. The summed E-state index contributed by atoms with van der Waals surface area (Å²) in [5.41, 5.74) is 1.88. The number of amides is 2. The van der Waals surface area contributed by atoms with Crippen LogP contribution in [-0.2, 0) is 26.2 Å². The van der Waals surface area contributed by atoms with Crippen molar-refractivity contribution in [2.75, 3.05) is 17.1 Å². The molecule has 40 heavy (non-hydrogen) atoms. The van der Waals surface area contributed by atoms with E-state index in [0.717, 1.165) is 14.8 Å². The van der Waals surface area contributed by atoms with Gasteiger partial charge < -0.3 is 10.2 Å². The van der Waals surface area contributed by atoms with Crippen LogP contribution in [0.5, 0.6) is 0 Å². The van der Waals surface area contributed by atoms with Gasteiger partial charge >= 0.3 is 0 Å². The lowest BCUT2D eigenvalue weighted by Crippen LogP contribution is -2.53. The van der Waals surface area contributed by atoms with Crippen molar-refractivity contribution in [2.24, 2.45) is 0 Å². The van der Waals surface area contributed by atoms with Gasteiger partial charge in [0.15, 0.2) is 0 Å². The van der Waals surface area contributed by atoms with Crippen LogP contribution in [0.15, 0.2) is 82.6 Å². The topological polar surface area (TPSA) is 86.8 Å². The number of hydrogen-bond donors (Lipinski definition) is 1. The lowest BCUT2D eigenvalue weighted by molar-refractivity contribution is -0.140. The van der Waals surface area contributed by atoms with Gasteiger partial charge in [-0.1, -0.05) is 36.8 Å². The van der Waals surface area contributed by atoms with Crippen LogP contribution in [0.25, 0.3) is 0 Å². The summed E-state index contributed by atoms with van der Waals surface area (Å²) in [6.45, 7) is 6.81.